The third kappa shape index (κ3) is 2.90. The number of hydrogen-bond donors (Lipinski definition) is 0. The van der Waals surface area contributed by atoms with Crippen LogP contribution < -0.4 is 0 Å². The van der Waals surface area contributed by atoms with Gasteiger partial charge in [-0.1, -0.05) is 5.21 Å². The van der Waals surface area contributed by atoms with Crippen LogP contribution in [0.25, 0.3) is 5.69 Å². The van der Waals surface area contributed by atoms with E-state index in [1.807, 2.05) is 13.1 Å². The fraction of sp³-hybridized carbons (Fsp3) is 0.333. The van der Waals surface area contributed by atoms with E-state index in [4.69, 9.17) is 11.6 Å². The van der Waals surface area contributed by atoms with E-state index in [2.05, 4.69) is 26.2 Å². The Kier molecular flexibility index (Phi) is 4.35. The number of hydrogen-bond acceptors (Lipinski definition) is 2. The Morgan fingerprint density at radius 1 is 1.44 bits per heavy atom. The Balaban J connectivity index is 2.31. The predicted octanol–water partition coefficient (Wildman–Crippen LogP) is 3.65. The summed E-state index contributed by atoms with van der Waals surface area (Å²) in [6.45, 7) is 1.90. The summed E-state index contributed by atoms with van der Waals surface area (Å²) in [7, 11) is 0. The van der Waals surface area contributed by atoms with Crippen molar-refractivity contribution in [3.05, 3.63) is 39.9 Å². The number of alkyl halides is 1. The van der Waals surface area contributed by atoms with Crippen LogP contribution in [0.1, 0.15) is 17.7 Å². The lowest BCUT2D eigenvalue weighted by atomic mass is 10.2. The Morgan fingerprint density at radius 2 is 2.22 bits per heavy atom. The van der Waals surface area contributed by atoms with Crippen molar-refractivity contribution in [2.24, 2.45) is 0 Å². The third-order valence-electron chi connectivity index (χ3n) is 2.59. The van der Waals surface area contributed by atoms with Crippen LogP contribution in [0, 0.1) is 12.7 Å². The van der Waals surface area contributed by atoms with Crippen molar-refractivity contribution in [2.75, 3.05) is 5.88 Å². The first-order chi connectivity index (χ1) is 8.61. The van der Waals surface area contributed by atoms with Gasteiger partial charge in [-0.05, 0) is 47.3 Å². The lowest BCUT2D eigenvalue weighted by molar-refractivity contribution is 0.617. The summed E-state index contributed by atoms with van der Waals surface area (Å²) < 4.78 is 15.6. The molecule has 0 saturated heterocycles. The zero-order chi connectivity index (χ0) is 13.1. The average molecular weight is 333 g/mol. The summed E-state index contributed by atoms with van der Waals surface area (Å²) in [5, 5.41) is 8.06. The van der Waals surface area contributed by atoms with Crippen LogP contribution in [0.5, 0.6) is 0 Å². The molecule has 0 aliphatic carbocycles. The third-order valence-corrected chi connectivity index (χ3v) is 3.47. The summed E-state index contributed by atoms with van der Waals surface area (Å²) in [4.78, 5) is 0. The normalized spacial score (nSPS) is 10.9. The summed E-state index contributed by atoms with van der Waals surface area (Å²) in [5.41, 5.74) is 2.48. The summed E-state index contributed by atoms with van der Waals surface area (Å²) in [6, 6.07) is 3.17. The number of aromatic nitrogens is 3. The Morgan fingerprint density at radius 3 is 2.94 bits per heavy atom. The highest BCUT2D eigenvalue weighted by atomic mass is 79.9. The van der Waals surface area contributed by atoms with Gasteiger partial charge >= 0.3 is 0 Å². The lowest BCUT2D eigenvalue weighted by Crippen LogP contribution is -1.99. The summed E-state index contributed by atoms with van der Waals surface area (Å²) in [6.07, 6.45) is 3.44. The number of nitrogens with zero attached hydrogens (tertiary/aromatic N) is 3. The van der Waals surface area contributed by atoms with Crippen molar-refractivity contribution in [1.82, 2.24) is 15.0 Å². The van der Waals surface area contributed by atoms with Gasteiger partial charge in [-0.15, -0.1) is 16.7 Å². The molecule has 0 bridgehead atoms. The van der Waals surface area contributed by atoms with Crippen molar-refractivity contribution in [1.29, 1.82) is 0 Å². The van der Waals surface area contributed by atoms with Crippen LogP contribution in [-0.2, 0) is 6.42 Å². The number of aryl methyl sites for hydroxylation is 2. The highest BCUT2D eigenvalue weighted by molar-refractivity contribution is 9.10. The Hall–Kier alpha value is -0.940. The molecule has 2 aromatic rings. The first-order valence-corrected chi connectivity index (χ1v) is 6.88. The largest absolute Gasteiger partial charge is 0.220 e. The second kappa shape index (κ2) is 5.80. The molecule has 1 heterocycles. The SMILES string of the molecule is Cc1cc(Br)c(F)cc1-n1cc(CCCCl)nn1. The minimum Gasteiger partial charge on any atom is -0.220 e. The zero-order valence-electron chi connectivity index (χ0n) is 9.83. The van der Waals surface area contributed by atoms with E-state index in [1.165, 1.54) is 6.07 Å². The number of halogens is 3. The van der Waals surface area contributed by atoms with Gasteiger partial charge in [-0.2, -0.15) is 0 Å². The molecule has 0 spiro atoms. The van der Waals surface area contributed by atoms with Crippen LogP contribution in [-0.4, -0.2) is 20.9 Å². The van der Waals surface area contributed by atoms with Gasteiger partial charge in [0.05, 0.1) is 22.1 Å². The molecular weight excluding hydrogens is 321 g/mol. The summed E-state index contributed by atoms with van der Waals surface area (Å²) >= 11 is 8.79. The van der Waals surface area contributed by atoms with E-state index >= 15 is 0 Å². The molecule has 0 atom stereocenters. The standard InChI is InChI=1S/C12H12BrClFN3/c1-8-5-10(13)11(15)6-12(8)18-7-9(16-17-18)3-2-4-14/h5-7H,2-4H2,1H3. The van der Waals surface area contributed by atoms with Gasteiger partial charge in [-0.3, -0.25) is 0 Å². The van der Waals surface area contributed by atoms with E-state index in [0.29, 0.717) is 16.0 Å². The molecule has 18 heavy (non-hydrogen) atoms. The quantitative estimate of drug-likeness (QED) is 0.800. The monoisotopic (exact) mass is 331 g/mol. The minimum atomic E-state index is -0.312. The van der Waals surface area contributed by atoms with Crippen LogP contribution >= 0.6 is 27.5 Å². The second-order valence-corrected chi connectivity index (χ2v) is 5.23. The first-order valence-electron chi connectivity index (χ1n) is 5.55. The molecular formula is C12H12BrClFN3. The maximum absolute atomic E-state index is 13.5. The van der Waals surface area contributed by atoms with E-state index < -0.39 is 0 Å². The molecule has 0 fully saturated rings. The Labute approximate surface area is 118 Å². The van der Waals surface area contributed by atoms with Crippen LogP contribution in [0.2, 0.25) is 0 Å². The van der Waals surface area contributed by atoms with Crippen LogP contribution in [0.15, 0.2) is 22.8 Å². The van der Waals surface area contributed by atoms with E-state index in [1.54, 1.807) is 10.7 Å². The molecule has 0 saturated carbocycles. The lowest BCUT2D eigenvalue weighted by Gasteiger charge is -2.06. The molecule has 2 rings (SSSR count). The molecule has 0 radical (unpaired) electrons. The molecule has 1 aromatic carbocycles. The molecule has 0 N–H and O–H groups in total. The van der Waals surface area contributed by atoms with Gasteiger partial charge in [0.1, 0.15) is 5.82 Å². The molecule has 6 heteroatoms. The maximum Gasteiger partial charge on any atom is 0.139 e. The van der Waals surface area contributed by atoms with E-state index in [-0.39, 0.29) is 5.82 Å². The molecule has 0 unspecified atom stereocenters. The molecule has 0 aliphatic heterocycles. The van der Waals surface area contributed by atoms with Crippen molar-refractivity contribution in [2.45, 2.75) is 19.8 Å². The fourth-order valence-corrected chi connectivity index (χ4v) is 2.25. The smallest absolute Gasteiger partial charge is 0.139 e. The van der Waals surface area contributed by atoms with Crippen molar-refractivity contribution in [3.63, 3.8) is 0 Å². The van der Waals surface area contributed by atoms with Crippen molar-refractivity contribution < 1.29 is 4.39 Å². The molecule has 1 aromatic heterocycles. The van der Waals surface area contributed by atoms with E-state index in [9.17, 15) is 4.39 Å². The van der Waals surface area contributed by atoms with Gasteiger partial charge in [0, 0.05) is 11.9 Å². The van der Waals surface area contributed by atoms with Gasteiger partial charge in [0.2, 0.25) is 0 Å². The highest BCUT2D eigenvalue weighted by Gasteiger charge is 2.09. The van der Waals surface area contributed by atoms with Crippen LogP contribution in [0.3, 0.4) is 0 Å². The highest BCUT2D eigenvalue weighted by Crippen LogP contribution is 2.22. The topological polar surface area (TPSA) is 30.7 Å². The Bertz CT molecular complexity index is 556. The summed E-state index contributed by atoms with van der Waals surface area (Å²) in [5.74, 6) is 0.284. The zero-order valence-corrected chi connectivity index (χ0v) is 12.2. The minimum absolute atomic E-state index is 0.312. The number of benzene rings is 1. The average Bonchev–Trinajstić information content (AvgIpc) is 2.79. The first kappa shape index (κ1) is 13.5. The van der Waals surface area contributed by atoms with Crippen LogP contribution in [0.4, 0.5) is 4.39 Å². The van der Waals surface area contributed by atoms with Gasteiger partial charge in [-0.25, -0.2) is 9.07 Å². The van der Waals surface area contributed by atoms with Gasteiger partial charge in [0.25, 0.3) is 0 Å². The second-order valence-electron chi connectivity index (χ2n) is 4.00. The van der Waals surface area contributed by atoms with Crippen molar-refractivity contribution in [3.8, 4) is 5.69 Å². The van der Waals surface area contributed by atoms with Crippen molar-refractivity contribution >= 4 is 27.5 Å². The fourth-order valence-electron chi connectivity index (χ4n) is 1.66. The molecule has 3 nitrogen and oxygen atoms in total. The molecule has 0 aliphatic rings. The maximum atomic E-state index is 13.5. The molecule has 96 valence electrons. The molecule has 0 amide bonds. The van der Waals surface area contributed by atoms with E-state index in [0.717, 1.165) is 24.1 Å². The van der Waals surface area contributed by atoms with Gasteiger partial charge < -0.3 is 0 Å². The predicted molar refractivity (Wildman–Crippen MR) is 72.8 cm³/mol. The number of rotatable bonds is 4. The van der Waals surface area contributed by atoms with Gasteiger partial charge in [0.15, 0.2) is 0 Å².